The molecule has 1 unspecified atom stereocenters. The van der Waals surface area contributed by atoms with Gasteiger partial charge in [0.25, 0.3) is 0 Å². The van der Waals surface area contributed by atoms with E-state index in [2.05, 4.69) is 22.1 Å². The summed E-state index contributed by atoms with van der Waals surface area (Å²) in [6.07, 6.45) is 4.59. The van der Waals surface area contributed by atoms with Crippen molar-refractivity contribution in [3.8, 4) is 0 Å². The Kier molecular flexibility index (Phi) is 6.28. The summed E-state index contributed by atoms with van der Waals surface area (Å²) in [6.45, 7) is 8.50. The first-order valence-electron chi connectivity index (χ1n) is 6.66. The minimum absolute atomic E-state index is 0.575. The molecule has 108 valence electrons. The first-order valence-corrected chi connectivity index (χ1v) is 6.66. The maximum absolute atomic E-state index is 10.2. The highest BCUT2D eigenvalue weighted by Gasteiger charge is 2.20. The average Bonchev–Trinajstić information content (AvgIpc) is 2.75. The fraction of sp³-hybridized carbons (Fsp3) is 0.600. The van der Waals surface area contributed by atoms with E-state index in [4.69, 9.17) is 4.74 Å². The van der Waals surface area contributed by atoms with Crippen molar-refractivity contribution in [1.29, 1.82) is 0 Å². The van der Waals surface area contributed by atoms with Gasteiger partial charge in [-0.25, -0.2) is 0 Å². The molecule has 19 heavy (non-hydrogen) atoms. The predicted octanol–water partition coefficient (Wildman–Crippen LogP) is 1.80. The zero-order valence-electron chi connectivity index (χ0n) is 12.3. The number of rotatable bonds is 9. The summed E-state index contributed by atoms with van der Waals surface area (Å²) in [5.41, 5.74) is 0.371. The second-order valence-electron chi connectivity index (χ2n) is 5.23. The standard InChI is InChI=1S/C15H26N2O2/c1-5-15(2,18)13-17(10-7-11-19-4)12-14-8-6-9-16(14)3/h5-6,8-9,18H,1,7,10-13H2,2-4H3. The smallest absolute Gasteiger partial charge is 0.0923 e. The van der Waals surface area contributed by atoms with Gasteiger partial charge in [0, 0.05) is 52.3 Å². The minimum atomic E-state index is -0.863. The van der Waals surface area contributed by atoms with Crippen molar-refractivity contribution in [3.05, 3.63) is 36.7 Å². The highest BCUT2D eigenvalue weighted by Crippen LogP contribution is 2.12. The van der Waals surface area contributed by atoms with Crippen molar-refractivity contribution in [2.24, 2.45) is 7.05 Å². The molecule has 0 spiro atoms. The van der Waals surface area contributed by atoms with E-state index in [0.717, 1.165) is 26.1 Å². The number of ether oxygens (including phenoxy) is 1. The maximum atomic E-state index is 10.2. The summed E-state index contributed by atoms with van der Waals surface area (Å²) >= 11 is 0. The van der Waals surface area contributed by atoms with Gasteiger partial charge in [-0.1, -0.05) is 6.08 Å². The molecule has 0 fully saturated rings. The monoisotopic (exact) mass is 266 g/mol. The van der Waals surface area contributed by atoms with Gasteiger partial charge in [0.15, 0.2) is 0 Å². The molecule has 1 aromatic heterocycles. The lowest BCUT2D eigenvalue weighted by Crippen LogP contribution is -2.40. The van der Waals surface area contributed by atoms with Gasteiger partial charge in [-0.2, -0.15) is 0 Å². The molecule has 1 atom stereocenters. The summed E-state index contributed by atoms with van der Waals surface area (Å²) in [5, 5.41) is 10.2. The van der Waals surface area contributed by atoms with Gasteiger partial charge in [-0.15, -0.1) is 6.58 Å². The van der Waals surface area contributed by atoms with Gasteiger partial charge in [-0.05, 0) is 25.5 Å². The minimum Gasteiger partial charge on any atom is -0.385 e. The molecular formula is C15H26N2O2. The number of aryl methyl sites for hydroxylation is 1. The van der Waals surface area contributed by atoms with Crippen molar-refractivity contribution < 1.29 is 9.84 Å². The van der Waals surface area contributed by atoms with E-state index in [1.165, 1.54) is 5.69 Å². The van der Waals surface area contributed by atoms with Crippen LogP contribution in [0.15, 0.2) is 31.0 Å². The number of nitrogens with zero attached hydrogens (tertiary/aromatic N) is 2. The molecule has 0 saturated heterocycles. The Morgan fingerprint density at radius 3 is 2.84 bits per heavy atom. The largest absolute Gasteiger partial charge is 0.385 e. The Labute approximate surface area is 116 Å². The van der Waals surface area contributed by atoms with Gasteiger partial charge >= 0.3 is 0 Å². The molecule has 0 aliphatic heterocycles. The molecule has 0 aromatic carbocycles. The SMILES string of the molecule is C=CC(C)(O)CN(CCCOC)Cc1cccn1C. The first-order chi connectivity index (χ1) is 8.98. The summed E-state index contributed by atoms with van der Waals surface area (Å²) in [6, 6.07) is 4.14. The van der Waals surface area contributed by atoms with Crippen molar-refractivity contribution in [2.45, 2.75) is 25.5 Å². The van der Waals surface area contributed by atoms with E-state index in [0.29, 0.717) is 6.54 Å². The van der Waals surface area contributed by atoms with E-state index in [1.807, 2.05) is 19.3 Å². The molecule has 0 saturated carbocycles. The Balaban J connectivity index is 2.63. The van der Waals surface area contributed by atoms with Crippen LogP contribution < -0.4 is 0 Å². The van der Waals surface area contributed by atoms with Crippen molar-refractivity contribution >= 4 is 0 Å². The van der Waals surface area contributed by atoms with E-state index in [1.54, 1.807) is 20.1 Å². The van der Waals surface area contributed by atoms with Crippen LogP contribution in [0.3, 0.4) is 0 Å². The van der Waals surface area contributed by atoms with Crippen molar-refractivity contribution in [3.63, 3.8) is 0 Å². The lowest BCUT2D eigenvalue weighted by molar-refractivity contribution is 0.0538. The van der Waals surface area contributed by atoms with Crippen LogP contribution in [0, 0.1) is 0 Å². The summed E-state index contributed by atoms with van der Waals surface area (Å²) in [4.78, 5) is 2.23. The fourth-order valence-corrected chi connectivity index (χ4v) is 2.05. The van der Waals surface area contributed by atoms with Crippen LogP contribution >= 0.6 is 0 Å². The van der Waals surface area contributed by atoms with Crippen molar-refractivity contribution in [1.82, 2.24) is 9.47 Å². The molecule has 1 rings (SSSR count). The molecule has 1 N–H and O–H groups in total. The van der Waals surface area contributed by atoms with Crippen LogP contribution in [0.25, 0.3) is 0 Å². The quantitative estimate of drug-likeness (QED) is 0.547. The third kappa shape index (κ3) is 5.59. The molecule has 1 aromatic rings. The van der Waals surface area contributed by atoms with E-state index >= 15 is 0 Å². The third-order valence-electron chi connectivity index (χ3n) is 3.24. The highest BCUT2D eigenvalue weighted by molar-refractivity contribution is 5.07. The third-order valence-corrected chi connectivity index (χ3v) is 3.24. The lowest BCUT2D eigenvalue weighted by Gasteiger charge is -2.29. The number of aromatic nitrogens is 1. The number of hydrogen-bond acceptors (Lipinski definition) is 3. The van der Waals surface area contributed by atoms with Gasteiger partial charge in [0.2, 0.25) is 0 Å². The Hall–Kier alpha value is -1.10. The zero-order valence-corrected chi connectivity index (χ0v) is 12.3. The fourth-order valence-electron chi connectivity index (χ4n) is 2.05. The van der Waals surface area contributed by atoms with E-state index < -0.39 is 5.60 Å². The number of methoxy groups -OCH3 is 1. The zero-order chi connectivity index (χ0) is 14.3. The number of aliphatic hydroxyl groups is 1. The molecule has 4 nitrogen and oxygen atoms in total. The molecular weight excluding hydrogens is 240 g/mol. The van der Waals surface area contributed by atoms with Crippen LogP contribution in [0.1, 0.15) is 19.0 Å². The van der Waals surface area contributed by atoms with Crippen molar-refractivity contribution in [2.75, 3.05) is 26.8 Å². The van der Waals surface area contributed by atoms with Gasteiger partial charge in [0.1, 0.15) is 0 Å². The average molecular weight is 266 g/mol. The Bertz CT molecular complexity index is 385. The number of hydrogen-bond donors (Lipinski definition) is 1. The van der Waals surface area contributed by atoms with E-state index in [9.17, 15) is 5.11 Å². The van der Waals surface area contributed by atoms with Crippen LogP contribution in [0.4, 0.5) is 0 Å². The summed E-state index contributed by atoms with van der Waals surface area (Å²) in [7, 11) is 3.75. The maximum Gasteiger partial charge on any atom is 0.0923 e. The molecule has 0 radical (unpaired) electrons. The van der Waals surface area contributed by atoms with E-state index in [-0.39, 0.29) is 0 Å². The normalized spacial score (nSPS) is 14.6. The molecule has 0 aliphatic rings. The molecule has 4 heteroatoms. The molecule has 0 bridgehead atoms. The Morgan fingerprint density at radius 1 is 1.58 bits per heavy atom. The van der Waals surface area contributed by atoms with Crippen LogP contribution in [0.2, 0.25) is 0 Å². The predicted molar refractivity (Wildman–Crippen MR) is 78.0 cm³/mol. The van der Waals surface area contributed by atoms with Crippen LogP contribution in [-0.4, -0.2) is 47.0 Å². The van der Waals surface area contributed by atoms with Gasteiger partial charge in [-0.3, -0.25) is 4.90 Å². The topological polar surface area (TPSA) is 37.6 Å². The molecule has 0 aliphatic carbocycles. The van der Waals surface area contributed by atoms with Crippen LogP contribution in [-0.2, 0) is 18.3 Å². The second kappa shape index (κ2) is 7.48. The van der Waals surface area contributed by atoms with Crippen LogP contribution in [0.5, 0.6) is 0 Å². The lowest BCUT2D eigenvalue weighted by atomic mass is 10.1. The molecule has 0 amide bonds. The summed E-state index contributed by atoms with van der Waals surface area (Å²) in [5.74, 6) is 0. The second-order valence-corrected chi connectivity index (χ2v) is 5.23. The molecule has 1 heterocycles. The highest BCUT2D eigenvalue weighted by atomic mass is 16.5. The van der Waals surface area contributed by atoms with Gasteiger partial charge < -0.3 is 14.4 Å². The first kappa shape index (κ1) is 16.0. The Morgan fingerprint density at radius 2 is 2.32 bits per heavy atom. The summed E-state index contributed by atoms with van der Waals surface area (Å²) < 4.78 is 7.20. The van der Waals surface area contributed by atoms with Gasteiger partial charge in [0.05, 0.1) is 5.60 Å².